The lowest BCUT2D eigenvalue weighted by Gasteiger charge is -2.18. The van der Waals surface area contributed by atoms with Crippen LogP contribution in [0.5, 0.6) is 11.5 Å². The van der Waals surface area contributed by atoms with Crippen LogP contribution in [0.4, 0.5) is 8.78 Å². The van der Waals surface area contributed by atoms with E-state index in [2.05, 4.69) is 11.1 Å². The van der Waals surface area contributed by atoms with Gasteiger partial charge < -0.3 is 4.74 Å². The van der Waals surface area contributed by atoms with Crippen LogP contribution in [0.3, 0.4) is 0 Å². The third-order valence-electron chi connectivity index (χ3n) is 5.87. The van der Waals surface area contributed by atoms with Gasteiger partial charge in [-0.1, -0.05) is 62.4 Å². The number of halogens is 2. The maximum absolute atomic E-state index is 14.3. The van der Waals surface area contributed by atoms with Gasteiger partial charge >= 0.3 is 0 Å². The van der Waals surface area contributed by atoms with Gasteiger partial charge in [-0.05, 0) is 41.7 Å². The number of ether oxygens (including phenoxy) is 1. The fraction of sp³-hybridized carbons (Fsp3) is 0.207. The number of nitriles is 1. The second kappa shape index (κ2) is 11.0. The predicted octanol–water partition coefficient (Wildman–Crippen LogP) is 6.42. The molecule has 4 aromatic rings. The van der Waals surface area contributed by atoms with Crippen LogP contribution in [0.1, 0.15) is 42.9 Å². The monoisotopic (exact) mass is 485 g/mol. The van der Waals surface area contributed by atoms with Crippen LogP contribution in [-0.4, -0.2) is 9.55 Å². The lowest BCUT2D eigenvalue weighted by atomic mass is 9.96. The summed E-state index contributed by atoms with van der Waals surface area (Å²) in [5, 5.41) is 10.0. The number of aromatic nitrogens is 2. The van der Waals surface area contributed by atoms with E-state index in [1.165, 1.54) is 4.57 Å². The van der Waals surface area contributed by atoms with E-state index in [1.54, 1.807) is 6.07 Å². The Labute approximate surface area is 208 Å². The summed E-state index contributed by atoms with van der Waals surface area (Å²) in [6.07, 6.45) is 1.63. The van der Waals surface area contributed by atoms with Gasteiger partial charge in [0.15, 0.2) is 11.6 Å². The molecule has 0 radical (unpaired) electrons. The van der Waals surface area contributed by atoms with Crippen molar-refractivity contribution in [2.45, 2.75) is 39.7 Å². The molecule has 0 bridgehead atoms. The number of hydrogen-bond acceptors (Lipinski definition) is 4. The zero-order chi connectivity index (χ0) is 25.7. The zero-order valence-corrected chi connectivity index (χ0v) is 20.1. The first kappa shape index (κ1) is 24.8. The largest absolute Gasteiger partial charge is 0.446 e. The minimum Gasteiger partial charge on any atom is -0.446 e. The van der Waals surface area contributed by atoms with Crippen LogP contribution >= 0.6 is 0 Å². The normalized spacial score (nSPS) is 10.8. The highest BCUT2D eigenvalue weighted by atomic mass is 19.1. The minimum atomic E-state index is -0.788. The summed E-state index contributed by atoms with van der Waals surface area (Å²) >= 11 is 0. The molecule has 0 aliphatic heterocycles. The van der Waals surface area contributed by atoms with E-state index >= 15 is 0 Å². The van der Waals surface area contributed by atoms with Crippen LogP contribution < -0.4 is 10.3 Å². The summed E-state index contributed by atoms with van der Waals surface area (Å²) in [6.45, 7) is 3.87. The van der Waals surface area contributed by atoms with Crippen molar-refractivity contribution in [3.63, 3.8) is 0 Å². The first-order chi connectivity index (χ1) is 17.5. The van der Waals surface area contributed by atoms with Gasteiger partial charge in [-0.25, -0.2) is 13.8 Å². The average Bonchev–Trinajstić information content (AvgIpc) is 2.90. The van der Waals surface area contributed by atoms with Gasteiger partial charge in [0.2, 0.25) is 5.75 Å². The molecule has 4 rings (SSSR count). The Balaban J connectivity index is 1.86. The summed E-state index contributed by atoms with van der Waals surface area (Å²) in [7, 11) is 0. The Morgan fingerprint density at radius 1 is 1.03 bits per heavy atom. The lowest BCUT2D eigenvalue weighted by molar-refractivity contribution is 0.416. The molecule has 1 heterocycles. The Bertz CT molecular complexity index is 1490. The molecule has 0 amide bonds. The molecule has 0 aliphatic rings. The van der Waals surface area contributed by atoms with Crippen molar-refractivity contribution in [2.24, 2.45) is 0 Å². The van der Waals surface area contributed by atoms with Gasteiger partial charge in [-0.2, -0.15) is 5.26 Å². The second-order valence-corrected chi connectivity index (χ2v) is 8.29. The van der Waals surface area contributed by atoms with Crippen molar-refractivity contribution >= 4 is 0 Å². The molecule has 0 spiro atoms. The van der Waals surface area contributed by atoms with Crippen molar-refractivity contribution in [1.29, 1.82) is 5.26 Å². The summed E-state index contributed by atoms with van der Waals surface area (Å²) in [5.41, 5.74) is 2.60. The van der Waals surface area contributed by atoms with E-state index in [1.807, 2.05) is 56.3 Å². The fourth-order valence-corrected chi connectivity index (χ4v) is 4.11. The highest BCUT2D eigenvalue weighted by Crippen LogP contribution is 2.28. The molecule has 0 aliphatic carbocycles. The quantitative estimate of drug-likeness (QED) is 0.289. The number of hydrogen-bond donors (Lipinski definition) is 0. The SMILES string of the molecule is CCCc1nc(CC)c(Oc2cc(F)ccc2F)c(=O)n1Cc1cccc(-c2ccccc2)c1C#N. The lowest BCUT2D eigenvalue weighted by Crippen LogP contribution is -2.28. The average molecular weight is 486 g/mol. The van der Waals surface area contributed by atoms with E-state index in [9.17, 15) is 18.8 Å². The summed E-state index contributed by atoms with van der Waals surface area (Å²) in [6, 6.07) is 20.2. The molecule has 0 N–H and O–H groups in total. The molecule has 1 aromatic heterocycles. The van der Waals surface area contributed by atoms with Crippen molar-refractivity contribution in [3.8, 4) is 28.7 Å². The molecular formula is C29H25F2N3O2. The smallest absolute Gasteiger partial charge is 0.297 e. The number of rotatable bonds is 8. The first-order valence-corrected chi connectivity index (χ1v) is 11.8. The van der Waals surface area contributed by atoms with Crippen LogP contribution in [0.2, 0.25) is 0 Å². The topological polar surface area (TPSA) is 67.9 Å². The van der Waals surface area contributed by atoms with Crippen LogP contribution in [0, 0.1) is 23.0 Å². The minimum absolute atomic E-state index is 0.0801. The van der Waals surface area contributed by atoms with Gasteiger partial charge in [0.25, 0.3) is 5.56 Å². The Hall–Kier alpha value is -4.31. The summed E-state index contributed by atoms with van der Waals surface area (Å²) in [5.74, 6) is -1.47. The number of benzene rings is 3. The zero-order valence-electron chi connectivity index (χ0n) is 20.1. The van der Waals surface area contributed by atoms with E-state index in [0.717, 1.165) is 35.7 Å². The standard InChI is InChI=1S/C29H25F2N3O2/c1-3-9-27-33-25(4-2)28(36-26-16-21(30)14-15-24(26)31)29(35)34(27)18-20-12-8-13-22(23(20)17-32)19-10-6-5-7-11-19/h5-8,10-16H,3-4,9,18H2,1-2H3. The predicted molar refractivity (Wildman–Crippen MR) is 134 cm³/mol. The van der Waals surface area contributed by atoms with Crippen molar-refractivity contribution in [1.82, 2.24) is 9.55 Å². The highest BCUT2D eigenvalue weighted by molar-refractivity contribution is 5.72. The third-order valence-corrected chi connectivity index (χ3v) is 5.87. The fourth-order valence-electron chi connectivity index (χ4n) is 4.11. The molecule has 0 saturated heterocycles. The molecule has 36 heavy (non-hydrogen) atoms. The van der Waals surface area contributed by atoms with Crippen LogP contribution in [-0.2, 0) is 19.4 Å². The van der Waals surface area contributed by atoms with E-state index in [0.29, 0.717) is 35.5 Å². The number of aryl methyl sites for hydroxylation is 2. The van der Waals surface area contributed by atoms with Crippen molar-refractivity contribution < 1.29 is 13.5 Å². The molecule has 0 saturated carbocycles. The summed E-state index contributed by atoms with van der Waals surface area (Å²) < 4.78 is 35.2. The molecular weight excluding hydrogens is 460 g/mol. The van der Waals surface area contributed by atoms with Crippen molar-refractivity contribution in [2.75, 3.05) is 0 Å². The molecule has 0 atom stereocenters. The molecule has 3 aromatic carbocycles. The molecule has 182 valence electrons. The van der Waals surface area contributed by atoms with Crippen LogP contribution in [0.25, 0.3) is 11.1 Å². The highest BCUT2D eigenvalue weighted by Gasteiger charge is 2.21. The van der Waals surface area contributed by atoms with Gasteiger partial charge in [0.1, 0.15) is 17.7 Å². The Morgan fingerprint density at radius 2 is 1.81 bits per heavy atom. The van der Waals surface area contributed by atoms with E-state index in [-0.39, 0.29) is 18.0 Å². The van der Waals surface area contributed by atoms with Gasteiger partial charge in [-0.3, -0.25) is 9.36 Å². The van der Waals surface area contributed by atoms with Gasteiger partial charge in [0, 0.05) is 12.5 Å². The molecule has 0 unspecified atom stereocenters. The van der Waals surface area contributed by atoms with E-state index in [4.69, 9.17) is 4.74 Å². The Kier molecular flexibility index (Phi) is 7.55. The number of nitrogens with zero attached hydrogens (tertiary/aromatic N) is 3. The Morgan fingerprint density at radius 3 is 2.50 bits per heavy atom. The second-order valence-electron chi connectivity index (χ2n) is 8.29. The molecule has 0 fully saturated rings. The third kappa shape index (κ3) is 5.03. The van der Waals surface area contributed by atoms with Gasteiger partial charge in [0.05, 0.1) is 17.8 Å². The molecule has 5 nitrogen and oxygen atoms in total. The first-order valence-electron chi connectivity index (χ1n) is 11.8. The van der Waals surface area contributed by atoms with Crippen molar-refractivity contribution in [3.05, 3.63) is 111 Å². The molecule has 7 heteroatoms. The maximum Gasteiger partial charge on any atom is 0.297 e. The van der Waals surface area contributed by atoms with Crippen LogP contribution in [0.15, 0.2) is 71.5 Å². The summed E-state index contributed by atoms with van der Waals surface area (Å²) in [4.78, 5) is 18.4. The van der Waals surface area contributed by atoms with Gasteiger partial charge in [-0.15, -0.1) is 0 Å². The maximum atomic E-state index is 14.3. The van der Waals surface area contributed by atoms with E-state index < -0.39 is 17.2 Å².